The Morgan fingerprint density at radius 3 is 2.63 bits per heavy atom. The molecule has 4 nitrogen and oxygen atoms in total. The molecular weight excluding hydrogens is 350 g/mol. The summed E-state index contributed by atoms with van der Waals surface area (Å²) >= 11 is 0. The standard InChI is InChI=1S/C21H16F2N2O2/c22-19-6-5-17(11-20(19)23)27-16-4-3-15-7-9-25(21(26)18(15)10-16)13-14-2-1-8-24-12-14/h1-6,8,10-12H,7,9,13H2. The van der Waals surface area contributed by atoms with E-state index in [4.69, 9.17) is 4.74 Å². The first kappa shape index (κ1) is 17.1. The van der Waals surface area contributed by atoms with Gasteiger partial charge in [-0.1, -0.05) is 12.1 Å². The lowest BCUT2D eigenvalue weighted by Gasteiger charge is -2.28. The first-order valence-electron chi connectivity index (χ1n) is 8.54. The summed E-state index contributed by atoms with van der Waals surface area (Å²) in [5.74, 6) is -1.44. The minimum Gasteiger partial charge on any atom is -0.457 e. The fourth-order valence-electron chi connectivity index (χ4n) is 3.10. The van der Waals surface area contributed by atoms with Gasteiger partial charge in [0.2, 0.25) is 0 Å². The molecule has 2 aromatic carbocycles. The number of nitrogens with zero attached hydrogens (tertiary/aromatic N) is 2. The van der Waals surface area contributed by atoms with Crippen LogP contribution >= 0.6 is 0 Å². The lowest BCUT2D eigenvalue weighted by Crippen LogP contribution is -2.37. The van der Waals surface area contributed by atoms with Gasteiger partial charge in [0.15, 0.2) is 11.6 Å². The van der Waals surface area contributed by atoms with Crippen LogP contribution in [0.15, 0.2) is 60.9 Å². The highest BCUT2D eigenvalue weighted by Gasteiger charge is 2.25. The number of fused-ring (bicyclic) bond motifs is 1. The number of benzene rings is 2. The minimum absolute atomic E-state index is 0.0872. The number of amides is 1. The van der Waals surface area contributed by atoms with Crippen molar-refractivity contribution < 1.29 is 18.3 Å². The van der Waals surface area contributed by atoms with Crippen LogP contribution in [0.2, 0.25) is 0 Å². The van der Waals surface area contributed by atoms with E-state index in [-0.39, 0.29) is 11.7 Å². The van der Waals surface area contributed by atoms with Crippen LogP contribution in [-0.2, 0) is 13.0 Å². The van der Waals surface area contributed by atoms with Gasteiger partial charge in [-0.25, -0.2) is 8.78 Å². The molecule has 0 unspecified atom stereocenters. The number of halogens is 2. The third kappa shape index (κ3) is 3.65. The van der Waals surface area contributed by atoms with Crippen molar-refractivity contribution in [3.05, 3.63) is 89.2 Å². The number of pyridine rings is 1. The van der Waals surface area contributed by atoms with Gasteiger partial charge in [-0.3, -0.25) is 9.78 Å². The van der Waals surface area contributed by atoms with Crippen LogP contribution in [0.5, 0.6) is 11.5 Å². The quantitative estimate of drug-likeness (QED) is 0.689. The van der Waals surface area contributed by atoms with Crippen LogP contribution in [0.3, 0.4) is 0 Å². The van der Waals surface area contributed by atoms with Crippen LogP contribution in [0.25, 0.3) is 0 Å². The molecule has 1 aliphatic heterocycles. The second kappa shape index (κ2) is 7.15. The van der Waals surface area contributed by atoms with E-state index in [1.165, 1.54) is 6.07 Å². The Hall–Kier alpha value is -3.28. The summed E-state index contributed by atoms with van der Waals surface area (Å²) in [5, 5.41) is 0. The van der Waals surface area contributed by atoms with E-state index in [0.29, 0.717) is 24.4 Å². The van der Waals surface area contributed by atoms with Crippen molar-refractivity contribution in [2.75, 3.05) is 6.54 Å². The molecule has 1 amide bonds. The fraction of sp³-hybridized carbons (Fsp3) is 0.143. The first-order valence-corrected chi connectivity index (χ1v) is 8.54. The highest BCUT2D eigenvalue weighted by molar-refractivity contribution is 5.97. The Morgan fingerprint density at radius 1 is 1.04 bits per heavy atom. The van der Waals surface area contributed by atoms with E-state index in [1.54, 1.807) is 29.4 Å². The fourth-order valence-corrected chi connectivity index (χ4v) is 3.10. The average Bonchev–Trinajstić information content (AvgIpc) is 2.68. The SMILES string of the molecule is O=C1c2cc(Oc3ccc(F)c(F)c3)ccc2CCN1Cc1cccnc1. The maximum Gasteiger partial charge on any atom is 0.254 e. The van der Waals surface area contributed by atoms with Crippen molar-refractivity contribution in [3.63, 3.8) is 0 Å². The predicted molar refractivity (Wildman–Crippen MR) is 95.6 cm³/mol. The molecule has 0 spiro atoms. The number of carbonyl (C=O) groups is 1. The van der Waals surface area contributed by atoms with Crippen LogP contribution in [0, 0.1) is 11.6 Å². The van der Waals surface area contributed by atoms with E-state index in [2.05, 4.69) is 4.98 Å². The molecule has 27 heavy (non-hydrogen) atoms. The van der Waals surface area contributed by atoms with Crippen LogP contribution < -0.4 is 4.74 Å². The molecule has 2 heterocycles. The van der Waals surface area contributed by atoms with E-state index < -0.39 is 11.6 Å². The number of aromatic nitrogens is 1. The zero-order valence-electron chi connectivity index (χ0n) is 14.4. The highest BCUT2D eigenvalue weighted by atomic mass is 19.2. The van der Waals surface area contributed by atoms with Gasteiger partial charge in [-0.2, -0.15) is 0 Å². The summed E-state index contributed by atoms with van der Waals surface area (Å²) in [6.45, 7) is 1.12. The molecule has 1 aliphatic rings. The summed E-state index contributed by atoms with van der Waals surface area (Å²) in [4.78, 5) is 18.7. The van der Waals surface area contributed by atoms with Crippen LogP contribution in [-0.4, -0.2) is 22.3 Å². The maximum absolute atomic E-state index is 13.4. The number of hydrogen-bond acceptors (Lipinski definition) is 3. The van der Waals surface area contributed by atoms with Crippen molar-refractivity contribution in [2.24, 2.45) is 0 Å². The molecule has 0 fully saturated rings. The third-order valence-electron chi connectivity index (χ3n) is 4.47. The largest absolute Gasteiger partial charge is 0.457 e. The Bertz CT molecular complexity index is 993. The van der Waals surface area contributed by atoms with Crippen molar-refractivity contribution in [1.29, 1.82) is 0 Å². The van der Waals surface area contributed by atoms with Crippen LogP contribution in [0.1, 0.15) is 21.5 Å². The summed E-state index contributed by atoms with van der Waals surface area (Å²) in [7, 11) is 0. The molecule has 0 radical (unpaired) electrons. The van der Waals surface area contributed by atoms with Crippen molar-refractivity contribution in [2.45, 2.75) is 13.0 Å². The zero-order valence-corrected chi connectivity index (χ0v) is 14.4. The molecule has 0 aliphatic carbocycles. The molecule has 6 heteroatoms. The zero-order chi connectivity index (χ0) is 18.8. The van der Waals surface area contributed by atoms with Gasteiger partial charge < -0.3 is 9.64 Å². The predicted octanol–water partition coefficient (Wildman–Crippen LogP) is 4.35. The lowest BCUT2D eigenvalue weighted by molar-refractivity contribution is 0.0726. The van der Waals surface area contributed by atoms with Crippen molar-refractivity contribution in [1.82, 2.24) is 9.88 Å². The van der Waals surface area contributed by atoms with E-state index in [9.17, 15) is 13.6 Å². The van der Waals surface area contributed by atoms with Gasteiger partial charge in [0, 0.05) is 37.1 Å². The van der Waals surface area contributed by atoms with Gasteiger partial charge >= 0.3 is 0 Å². The minimum atomic E-state index is -0.982. The second-order valence-electron chi connectivity index (χ2n) is 6.33. The van der Waals surface area contributed by atoms with Crippen molar-refractivity contribution >= 4 is 5.91 Å². The molecule has 0 saturated heterocycles. The van der Waals surface area contributed by atoms with Gasteiger partial charge in [-0.15, -0.1) is 0 Å². The van der Waals surface area contributed by atoms with E-state index >= 15 is 0 Å². The van der Waals surface area contributed by atoms with Crippen molar-refractivity contribution in [3.8, 4) is 11.5 Å². The number of ether oxygens (including phenoxy) is 1. The molecule has 3 aromatic rings. The van der Waals surface area contributed by atoms with Gasteiger partial charge in [0.05, 0.1) is 0 Å². The van der Waals surface area contributed by atoms with Gasteiger partial charge in [0.25, 0.3) is 5.91 Å². The summed E-state index contributed by atoms with van der Waals surface area (Å²) in [5.41, 5.74) is 2.47. The molecule has 4 rings (SSSR count). The summed E-state index contributed by atoms with van der Waals surface area (Å²) in [6.07, 6.45) is 4.18. The Morgan fingerprint density at radius 2 is 1.85 bits per heavy atom. The van der Waals surface area contributed by atoms with Gasteiger partial charge in [0.1, 0.15) is 11.5 Å². The normalized spacial score (nSPS) is 13.4. The summed E-state index contributed by atoms with van der Waals surface area (Å²) < 4.78 is 32.0. The molecule has 0 bridgehead atoms. The molecule has 0 atom stereocenters. The first-order chi connectivity index (χ1) is 13.1. The summed E-state index contributed by atoms with van der Waals surface area (Å²) in [6, 6.07) is 12.3. The molecule has 136 valence electrons. The number of rotatable bonds is 4. The lowest BCUT2D eigenvalue weighted by atomic mass is 9.98. The topological polar surface area (TPSA) is 42.4 Å². The van der Waals surface area contributed by atoms with E-state index in [0.717, 1.165) is 29.7 Å². The number of hydrogen-bond donors (Lipinski definition) is 0. The molecular formula is C21H16F2N2O2. The molecule has 1 aromatic heterocycles. The Labute approximate surface area is 155 Å². The second-order valence-corrected chi connectivity index (χ2v) is 6.33. The Balaban J connectivity index is 1.56. The molecule has 0 N–H and O–H groups in total. The Kier molecular flexibility index (Phi) is 4.54. The highest BCUT2D eigenvalue weighted by Crippen LogP contribution is 2.28. The average molecular weight is 366 g/mol. The molecule has 0 saturated carbocycles. The third-order valence-corrected chi connectivity index (χ3v) is 4.47. The van der Waals surface area contributed by atoms with Gasteiger partial charge in [-0.05, 0) is 47.9 Å². The maximum atomic E-state index is 13.4. The van der Waals surface area contributed by atoms with Crippen LogP contribution in [0.4, 0.5) is 8.78 Å². The smallest absolute Gasteiger partial charge is 0.254 e. The number of carbonyl (C=O) groups excluding carboxylic acids is 1. The monoisotopic (exact) mass is 366 g/mol. The van der Waals surface area contributed by atoms with E-state index in [1.807, 2.05) is 18.2 Å².